The molecular weight excluding hydrogens is 973 g/mol. The molecule has 0 aromatic rings. The SMILES string of the molecule is CCCCCCC/C=C\C/C=C\C/C=C\CCCCCCCCCCC(=O)OCC(COC(=O)CCCCCCC/C=C\CCCCCCCC)OC(=O)CCCCCCCCCCCCCCCCCCCCCCCCC. The summed E-state index contributed by atoms with van der Waals surface area (Å²) >= 11 is 0. The van der Waals surface area contributed by atoms with Gasteiger partial charge in [-0.2, -0.15) is 0 Å². The van der Waals surface area contributed by atoms with Gasteiger partial charge in [0.15, 0.2) is 6.10 Å². The van der Waals surface area contributed by atoms with Crippen molar-refractivity contribution >= 4 is 17.9 Å². The highest BCUT2D eigenvalue weighted by atomic mass is 16.6. The summed E-state index contributed by atoms with van der Waals surface area (Å²) in [5.74, 6) is -0.864. The topological polar surface area (TPSA) is 78.9 Å². The third kappa shape index (κ3) is 66.1. The van der Waals surface area contributed by atoms with Crippen LogP contribution >= 0.6 is 0 Å². The minimum atomic E-state index is -0.779. The van der Waals surface area contributed by atoms with Crippen LogP contribution in [0.25, 0.3) is 0 Å². The number of carbonyl (C=O) groups is 3. The zero-order valence-electron chi connectivity index (χ0n) is 53.2. The number of unbranched alkanes of at least 4 members (excludes halogenated alkanes) is 46. The summed E-state index contributed by atoms with van der Waals surface area (Å²) in [6, 6.07) is 0. The first kappa shape index (κ1) is 76.4. The van der Waals surface area contributed by atoms with Gasteiger partial charge in [0, 0.05) is 19.3 Å². The highest BCUT2D eigenvalue weighted by molar-refractivity contribution is 5.71. The van der Waals surface area contributed by atoms with Gasteiger partial charge in [0.2, 0.25) is 0 Å². The highest BCUT2D eigenvalue weighted by Gasteiger charge is 2.19. The largest absolute Gasteiger partial charge is 0.462 e. The molecule has 6 nitrogen and oxygen atoms in total. The van der Waals surface area contributed by atoms with E-state index in [1.165, 1.54) is 257 Å². The van der Waals surface area contributed by atoms with Crippen LogP contribution in [-0.2, 0) is 28.6 Å². The van der Waals surface area contributed by atoms with E-state index in [1.807, 2.05) is 0 Å². The van der Waals surface area contributed by atoms with Gasteiger partial charge in [-0.15, -0.1) is 0 Å². The maximum Gasteiger partial charge on any atom is 0.306 e. The predicted molar refractivity (Wildman–Crippen MR) is 344 cm³/mol. The third-order valence-corrected chi connectivity index (χ3v) is 15.8. The van der Waals surface area contributed by atoms with Gasteiger partial charge in [-0.3, -0.25) is 14.4 Å². The van der Waals surface area contributed by atoms with Gasteiger partial charge in [0.25, 0.3) is 0 Å². The Morgan fingerprint density at radius 3 is 0.722 bits per heavy atom. The van der Waals surface area contributed by atoms with Crippen molar-refractivity contribution in [3.8, 4) is 0 Å². The van der Waals surface area contributed by atoms with E-state index in [0.717, 1.165) is 83.5 Å². The summed E-state index contributed by atoms with van der Waals surface area (Å²) in [4.78, 5) is 38.4. The highest BCUT2D eigenvalue weighted by Crippen LogP contribution is 2.18. The lowest BCUT2D eigenvalue weighted by Crippen LogP contribution is -2.30. The third-order valence-electron chi connectivity index (χ3n) is 15.8. The summed E-state index contributed by atoms with van der Waals surface area (Å²) in [5.41, 5.74) is 0. The molecule has 0 aliphatic carbocycles. The number of allylic oxidation sites excluding steroid dienone is 8. The molecule has 0 aromatic heterocycles. The molecule has 0 radical (unpaired) electrons. The summed E-state index contributed by atoms with van der Waals surface area (Å²) in [7, 11) is 0. The van der Waals surface area contributed by atoms with Crippen molar-refractivity contribution in [2.75, 3.05) is 13.2 Å². The smallest absolute Gasteiger partial charge is 0.306 e. The molecule has 0 N–H and O–H groups in total. The molecule has 0 aromatic carbocycles. The maximum atomic E-state index is 13.0. The molecule has 0 aliphatic rings. The molecule has 462 valence electrons. The van der Waals surface area contributed by atoms with Crippen molar-refractivity contribution < 1.29 is 28.6 Å². The Bertz CT molecular complexity index is 1360. The summed E-state index contributed by atoms with van der Waals surface area (Å²) in [6.07, 6.45) is 85.6. The van der Waals surface area contributed by atoms with Gasteiger partial charge in [0.1, 0.15) is 13.2 Å². The molecule has 0 spiro atoms. The molecule has 0 aliphatic heterocycles. The van der Waals surface area contributed by atoms with Crippen molar-refractivity contribution in [3.63, 3.8) is 0 Å². The second-order valence-corrected chi connectivity index (χ2v) is 23.8. The van der Waals surface area contributed by atoms with Crippen LogP contribution in [0.1, 0.15) is 380 Å². The van der Waals surface area contributed by atoms with Gasteiger partial charge in [-0.05, 0) is 83.5 Å². The van der Waals surface area contributed by atoms with E-state index >= 15 is 0 Å². The Morgan fingerprint density at radius 2 is 0.456 bits per heavy atom. The first-order valence-electron chi connectivity index (χ1n) is 35.1. The Labute approximate surface area is 492 Å². The van der Waals surface area contributed by atoms with E-state index in [1.54, 1.807) is 0 Å². The molecule has 0 heterocycles. The first-order chi connectivity index (χ1) is 39.0. The minimum absolute atomic E-state index is 0.0759. The van der Waals surface area contributed by atoms with Gasteiger partial charge in [-0.25, -0.2) is 0 Å². The van der Waals surface area contributed by atoms with Gasteiger partial charge in [0.05, 0.1) is 0 Å². The van der Waals surface area contributed by atoms with E-state index in [2.05, 4.69) is 69.4 Å². The molecule has 0 saturated heterocycles. The lowest BCUT2D eigenvalue weighted by atomic mass is 10.0. The molecule has 0 saturated carbocycles. The van der Waals surface area contributed by atoms with Crippen LogP contribution < -0.4 is 0 Å². The lowest BCUT2D eigenvalue weighted by molar-refractivity contribution is -0.167. The predicted octanol–water partition coefficient (Wildman–Crippen LogP) is 24.1. The Kier molecular flexibility index (Phi) is 65.6. The minimum Gasteiger partial charge on any atom is -0.462 e. The Morgan fingerprint density at radius 1 is 0.253 bits per heavy atom. The van der Waals surface area contributed by atoms with Gasteiger partial charge >= 0.3 is 17.9 Å². The molecule has 0 rings (SSSR count). The second kappa shape index (κ2) is 67.9. The van der Waals surface area contributed by atoms with Crippen molar-refractivity contribution in [2.45, 2.75) is 386 Å². The average molecular weight is 1110 g/mol. The first-order valence-corrected chi connectivity index (χ1v) is 35.1. The number of rotatable bonds is 65. The molecule has 0 amide bonds. The van der Waals surface area contributed by atoms with Crippen molar-refractivity contribution in [3.05, 3.63) is 48.6 Å². The summed E-state index contributed by atoms with van der Waals surface area (Å²) in [5, 5.41) is 0. The van der Waals surface area contributed by atoms with Crippen LogP contribution in [0.4, 0.5) is 0 Å². The van der Waals surface area contributed by atoms with Crippen molar-refractivity contribution in [1.82, 2.24) is 0 Å². The van der Waals surface area contributed by atoms with E-state index in [9.17, 15) is 14.4 Å². The number of hydrogen-bond donors (Lipinski definition) is 0. The molecule has 0 fully saturated rings. The van der Waals surface area contributed by atoms with E-state index in [-0.39, 0.29) is 31.1 Å². The molecule has 79 heavy (non-hydrogen) atoms. The lowest BCUT2D eigenvalue weighted by Gasteiger charge is -2.18. The van der Waals surface area contributed by atoms with E-state index in [4.69, 9.17) is 14.2 Å². The standard InChI is InChI=1S/C73H134O6/c1-4-7-10-13-16-19-22-25-28-30-32-34-36-38-40-42-45-48-51-54-57-60-63-66-72(75)78-69-70(68-77-71(74)65-62-59-56-53-50-47-44-27-24-21-18-15-12-9-6-3)79-73(76)67-64-61-58-55-52-49-46-43-41-39-37-35-33-31-29-26-23-20-17-14-11-8-5-2/h22,25,27,30,32,36,38,44,70H,4-21,23-24,26,28-29,31,33-35,37,39-43,45-69H2,1-3H3/b25-22-,32-30-,38-36-,44-27-. The zero-order chi connectivity index (χ0) is 57.1. The number of esters is 3. The average Bonchev–Trinajstić information content (AvgIpc) is 3.45. The van der Waals surface area contributed by atoms with E-state index in [0.29, 0.717) is 19.3 Å². The summed E-state index contributed by atoms with van der Waals surface area (Å²) < 4.78 is 17.0. The van der Waals surface area contributed by atoms with Gasteiger partial charge < -0.3 is 14.2 Å². The van der Waals surface area contributed by atoms with E-state index < -0.39 is 6.10 Å². The van der Waals surface area contributed by atoms with Crippen LogP contribution in [0.15, 0.2) is 48.6 Å². The zero-order valence-corrected chi connectivity index (χ0v) is 53.2. The Balaban J connectivity index is 4.31. The van der Waals surface area contributed by atoms with Crippen LogP contribution in [0.5, 0.6) is 0 Å². The number of carbonyl (C=O) groups excluding carboxylic acids is 3. The monoisotopic (exact) mass is 1110 g/mol. The number of hydrogen-bond acceptors (Lipinski definition) is 6. The molecule has 1 atom stereocenters. The molecule has 6 heteroatoms. The normalized spacial score (nSPS) is 12.3. The quantitative estimate of drug-likeness (QED) is 0.0261. The van der Waals surface area contributed by atoms with Crippen molar-refractivity contribution in [1.29, 1.82) is 0 Å². The van der Waals surface area contributed by atoms with Crippen LogP contribution in [0, 0.1) is 0 Å². The van der Waals surface area contributed by atoms with Crippen LogP contribution in [-0.4, -0.2) is 37.2 Å². The fourth-order valence-electron chi connectivity index (χ4n) is 10.5. The van der Waals surface area contributed by atoms with Crippen molar-refractivity contribution in [2.24, 2.45) is 0 Å². The fourth-order valence-corrected chi connectivity index (χ4v) is 10.5. The Hall–Kier alpha value is -2.63. The second-order valence-electron chi connectivity index (χ2n) is 23.8. The van der Waals surface area contributed by atoms with Gasteiger partial charge in [-0.1, -0.05) is 326 Å². The molecule has 1 unspecified atom stereocenters. The summed E-state index contributed by atoms with van der Waals surface area (Å²) in [6.45, 7) is 6.68. The fraction of sp³-hybridized carbons (Fsp3) is 0.849. The molecular formula is C73H134O6. The maximum absolute atomic E-state index is 13.0. The molecule has 0 bridgehead atoms. The van der Waals surface area contributed by atoms with Crippen LogP contribution in [0.3, 0.4) is 0 Å². The number of ether oxygens (including phenoxy) is 3. The van der Waals surface area contributed by atoms with Crippen LogP contribution in [0.2, 0.25) is 0 Å².